The number of aryl methyl sites for hydroxylation is 1. The second-order valence-corrected chi connectivity index (χ2v) is 3.28. The van der Waals surface area contributed by atoms with E-state index >= 15 is 0 Å². The molecule has 0 saturated heterocycles. The Morgan fingerprint density at radius 1 is 1.31 bits per heavy atom. The van der Waals surface area contributed by atoms with E-state index in [9.17, 15) is 0 Å². The van der Waals surface area contributed by atoms with Crippen molar-refractivity contribution in [3.05, 3.63) is 53.7 Å². The summed E-state index contributed by atoms with van der Waals surface area (Å²) in [6.07, 6.45) is 6.36. The molecule has 0 amide bonds. The Labute approximate surface area is 78.8 Å². The van der Waals surface area contributed by atoms with E-state index in [1.165, 1.54) is 16.7 Å². The minimum atomic E-state index is 0.940. The summed E-state index contributed by atoms with van der Waals surface area (Å²) in [6.45, 7) is 3.05. The van der Waals surface area contributed by atoms with Crippen LogP contribution in [0.1, 0.15) is 11.1 Å². The van der Waals surface area contributed by atoms with E-state index < -0.39 is 0 Å². The van der Waals surface area contributed by atoms with E-state index in [2.05, 4.69) is 54.9 Å². The molecule has 1 heteroatoms. The maximum absolute atomic E-state index is 3.20. The van der Waals surface area contributed by atoms with Gasteiger partial charge in [-0.15, -0.1) is 0 Å². The maximum Gasteiger partial charge on any atom is 0.0328 e. The molecule has 0 fully saturated rings. The molecule has 2 rings (SSSR count). The molecule has 0 saturated carbocycles. The first-order valence-electron chi connectivity index (χ1n) is 4.53. The molecule has 0 aromatic heterocycles. The Bertz CT molecular complexity index is 361. The summed E-state index contributed by atoms with van der Waals surface area (Å²) < 4.78 is 0. The van der Waals surface area contributed by atoms with E-state index in [0.717, 1.165) is 6.54 Å². The summed E-state index contributed by atoms with van der Waals surface area (Å²) in [4.78, 5) is 0. The van der Waals surface area contributed by atoms with Crippen LogP contribution in [-0.2, 0) is 0 Å². The highest BCUT2D eigenvalue weighted by molar-refractivity contribution is 5.74. The molecule has 0 bridgehead atoms. The first kappa shape index (κ1) is 8.11. The van der Waals surface area contributed by atoms with Crippen LogP contribution in [0.15, 0.2) is 42.6 Å². The molecule has 1 aliphatic rings. The van der Waals surface area contributed by atoms with Crippen molar-refractivity contribution < 1.29 is 0 Å². The van der Waals surface area contributed by atoms with Gasteiger partial charge < -0.3 is 5.32 Å². The standard InChI is InChI=1S/C12H13N/c1-10-4-2-5-11(8-10)12-6-3-7-13-9-12/h2-6,8-9,13H,7H2,1H3. The smallest absolute Gasteiger partial charge is 0.0328 e. The van der Waals surface area contributed by atoms with Crippen LogP contribution in [0, 0.1) is 6.92 Å². The van der Waals surface area contributed by atoms with Gasteiger partial charge in [-0.3, -0.25) is 0 Å². The first-order valence-corrected chi connectivity index (χ1v) is 4.53. The molecular weight excluding hydrogens is 158 g/mol. The molecule has 0 atom stereocenters. The normalized spacial score (nSPS) is 15.0. The van der Waals surface area contributed by atoms with Crippen LogP contribution < -0.4 is 5.32 Å². The van der Waals surface area contributed by atoms with Crippen LogP contribution in [0.25, 0.3) is 5.57 Å². The predicted octanol–water partition coefficient (Wildman–Crippen LogP) is 2.50. The van der Waals surface area contributed by atoms with Crippen molar-refractivity contribution in [3.63, 3.8) is 0 Å². The van der Waals surface area contributed by atoms with Gasteiger partial charge in [-0.2, -0.15) is 0 Å². The molecule has 66 valence electrons. The van der Waals surface area contributed by atoms with Gasteiger partial charge in [0, 0.05) is 12.7 Å². The fraction of sp³-hybridized carbons (Fsp3) is 0.167. The Morgan fingerprint density at radius 3 is 2.92 bits per heavy atom. The van der Waals surface area contributed by atoms with E-state index in [4.69, 9.17) is 0 Å². The van der Waals surface area contributed by atoms with Crippen molar-refractivity contribution >= 4 is 5.57 Å². The molecule has 1 nitrogen and oxygen atoms in total. The minimum absolute atomic E-state index is 0.940. The lowest BCUT2D eigenvalue weighted by molar-refractivity contribution is 0.976. The molecule has 1 heterocycles. The zero-order valence-corrected chi connectivity index (χ0v) is 7.75. The third kappa shape index (κ3) is 1.81. The van der Waals surface area contributed by atoms with Gasteiger partial charge in [-0.25, -0.2) is 0 Å². The molecule has 0 unspecified atom stereocenters. The summed E-state index contributed by atoms with van der Waals surface area (Å²) in [5, 5.41) is 3.20. The van der Waals surface area contributed by atoms with Gasteiger partial charge >= 0.3 is 0 Å². The van der Waals surface area contributed by atoms with Gasteiger partial charge in [0.2, 0.25) is 0 Å². The van der Waals surface area contributed by atoms with E-state index in [1.807, 2.05) is 0 Å². The van der Waals surface area contributed by atoms with E-state index in [-0.39, 0.29) is 0 Å². The van der Waals surface area contributed by atoms with Crippen molar-refractivity contribution in [1.29, 1.82) is 0 Å². The van der Waals surface area contributed by atoms with Gasteiger partial charge in [-0.05, 0) is 18.1 Å². The second-order valence-electron chi connectivity index (χ2n) is 3.28. The highest BCUT2D eigenvalue weighted by Crippen LogP contribution is 2.17. The molecule has 1 aromatic rings. The first-order chi connectivity index (χ1) is 6.36. The van der Waals surface area contributed by atoms with Crippen LogP contribution in [0.5, 0.6) is 0 Å². The van der Waals surface area contributed by atoms with Crippen molar-refractivity contribution in [2.45, 2.75) is 6.92 Å². The van der Waals surface area contributed by atoms with Gasteiger partial charge in [0.15, 0.2) is 0 Å². The Balaban J connectivity index is 2.35. The molecular formula is C12H13N. The summed E-state index contributed by atoms with van der Waals surface area (Å²) in [5.41, 5.74) is 3.84. The molecule has 13 heavy (non-hydrogen) atoms. The van der Waals surface area contributed by atoms with Crippen molar-refractivity contribution in [1.82, 2.24) is 5.32 Å². The third-order valence-electron chi connectivity index (χ3n) is 2.14. The monoisotopic (exact) mass is 171 g/mol. The lowest BCUT2D eigenvalue weighted by atomic mass is 10.0. The van der Waals surface area contributed by atoms with Crippen molar-refractivity contribution in [2.75, 3.05) is 6.54 Å². The number of dihydropyridines is 1. The number of hydrogen-bond acceptors (Lipinski definition) is 1. The van der Waals surface area contributed by atoms with Gasteiger partial charge in [0.25, 0.3) is 0 Å². The molecule has 1 N–H and O–H groups in total. The summed E-state index contributed by atoms with van der Waals surface area (Å²) in [7, 11) is 0. The molecule has 0 radical (unpaired) electrons. The third-order valence-corrected chi connectivity index (χ3v) is 2.14. The molecule has 1 aromatic carbocycles. The fourth-order valence-corrected chi connectivity index (χ4v) is 1.48. The van der Waals surface area contributed by atoms with E-state index in [0.29, 0.717) is 0 Å². The summed E-state index contributed by atoms with van der Waals surface area (Å²) in [5.74, 6) is 0. The Hall–Kier alpha value is -1.50. The summed E-state index contributed by atoms with van der Waals surface area (Å²) >= 11 is 0. The highest BCUT2D eigenvalue weighted by Gasteiger charge is 1.99. The van der Waals surface area contributed by atoms with Crippen LogP contribution in [0.2, 0.25) is 0 Å². The Kier molecular flexibility index (Phi) is 2.17. The number of allylic oxidation sites excluding steroid dienone is 2. The molecule has 0 spiro atoms. The quantitative estimate of drug-likeness (QED) is 0.684. The van der Waals surface area contributed by atoms with Crippen LogP contribution in [-0.4, -0.2) is 6.54 Å². The Morgan fingerprint density at radius 2 is 2.23 bits per heavy atom. The average molecular weight is 171 g/mol. The second kappa shape index (κ2) is 3.48. The number of hydrogen-bond donors (Lipinski definition) is 1. The maximum atomic E-state index is 3.20. The molecule has 0 aliphatic carbocycles. The summed E-state index contributed by atoms with van der Waals surface area (Å²) in [6, 6.07) is 8.54. The SMILES string of the molecule is Cc1cccc(C2=CNCC=C2)c1. The zero-order valence-electron chi connectivity index (χ0n) is 7.75. The van der Waals surface area contributed by atoms with Gasteiger partial charge in [-0.1, -0.05) is 42.0 Å². The number of nitrogens with one attached hydrogen (secondary N) is 1. The zero-order chi connectivity index (χ0) is 9.10. The largest absolute Gasteiger partial charge is 0.387 e. The number of rotatable bonds is 1. The van der Waals surface area contributed by atoms with Crippen molar-refractivity contribution in [2.24, 2.45) is 0 Å². The van der Waals surface area contributed by atoms with Crippen LogP contribution >= 0.6 is 0 Å². The van der Waals surface area contributed by atoms with E-state index in [1.54, 1.807) is 0 Å². The lowest BCUT2D eigenvalue weighted by Crippen LogP contribution is -2.08. The van der Waals surface area contributed by atoms with Gasteiger partial charge in [0.05, 0.1) is 0 Å². The minimum Gasteiger partial charge on any atom is -0.387 e. The molecule has 1 aliphatic heterocycles. The topological polar surface area (TPSA) is 12.0 Å². The average Bonchev–Trinajstić information content (AvgIpc) is 2.19. The van der Waals surface area contributed by atoms with Crippen LogP contribution in [0.4, 0.5) is 0 Å². The predicted molar refractivity (Wildman–Crippen MR) is 56.3 cm³/mol. The van der Waals surface area contributed by atoms with Gasteiger partial charge in [0.1, 0.15) is 0 Å². The highest BCUT2D eigenvalue weighted by atomic mass is 14.8. The number of benzene rings is 1. The van der Waals surface area contributed by atoms with Crippen LogP contribution in [0.3, 0.4) is 0 Å². The fourth-order valence-electron chi connectivity index (χ4n) is 1.48. The lowest BCUT2D eigenvalue weighted by Gasteiger charge is -2.08. The van der Waals surface area contributed by atoms with Crippen molar-refractivity contribution in [3.8, 4) is 0 Å².